The van der Waals surface area contributed by atoms with Crippen molar-refractivity contribution in [3.05, 3.63) is 33.9 Å². The van der Waals surface area contributed by atoms with Crippen LogP contribution in [0.2, 0.25) is 0 Å². The molecule has 0 atom stereocenters. The van der Waals surface area contributed by atoms with Crippen molar-refractivity contribution in [1.82, 2.24) is 9.36 Å². The molecule has 0 saturated heterocycles. The summed E-state index contributed by atoms with van der Waals surface area (Å²) < 4.78 is 3.95. The van der Waals surface area contributed by atoms with E-state index >= 15 is 0 Å². The summed E-state index contributed by atoms with van der Waals surface area (Å²) in [5.41, 5.74) is 7.08. The van der Waals surface area contributed by atoms with Crippen molar-refractivity contribution < 1.29 is 0 Å². The van der Waals surface area contributed by atoms with Crippen molar-refractivity contribution in [2.75, 3.05) is 5.73 Å². The van der Waals surface area contributed by atoms with Crippen LogP contribution in [0.25, 0.3) is 11.4 Å². The number of aromatic nitrogens is 2. The first-order valence-electron chi connectivity index (χ1n) is 3.67. The van der Waals surface area contributed by atoms with Gasteiger partial charge in [0.15, 0.2) is 5.82 Å². The number of nitrogen functional groups attached to an aromatic ring is 1. The van der Waals surface area contributed by atoms with Crippen molar-refractivity contribution >= 4 is 17.2 Å². The fraction of sp³-hybridized carbons (Fsp3) is 0. The molecular weight excluding hydrogens is 186 g/mol. The standard InChI is InChI=1S/C8H7N3OS/c9-6-3-1-5(2-4-6)7-10-8(12)13-11-7/h1-4H,9H2,(H,10,11,12). The van der Waals surface area contributed by atoms with E-state index in [-0.39, 0.29) is 4.87 Å². The van der Waals surface area contributed by atoms with Gasteiger partial charge in [0.25, 0.3) is 0 Å². The van der Waals surface area contributed by atoms with E-state index in [4.69, 9.17) is 5.73 Å². The zero-order valence-electron chi connectivity index (χ0n) is 6.65. The predicted molar refractivity (Wildman–Crippen MR) is 52.6 cm³/mol. The predicted octanol–water partition coefficient (Wildman–Crippen LogP) is 1.08. The third kappa shape index (κ3) is 1.59. The molecule has 1 heterocycles. The van der Waals surface area contributed by atoms with Gasteiger partial charge in [0, 0.05) is 22.8 Å². The molecule has 0 unspecified atom stereocenters. The highest BCUT2D eigenvalue weighted by atomic mass is 32.1. The SMILES string of the molecule is Nc1ccc(-c2nsc(=O)[nH]2)cc1. The highest BCUT2D eigenvalue weighted by Gasteiger charge is 2.00. The third-order valence-electron chi connectivity index (χ3n) is 1.62. The zero-order chi connectivity index (χ0) is 9.26. The fourth-order valence-electron chi connectivity index (χ4n) is 0.995. The molecule has 0 bridgehead atoms. The molecule has 3 N–H and O–H groups in total. The summed E-state index contributed by atoms with van der Waals surface area (Å²) >= 11 is 0.911. The number of nitrogens with two attached hydrogens (primary N) is 1. The van der Waals surface area contributed by atoms with E-state index in [1.54, 1.807) is 12.1 Å². The van der Waals surface area contributed by atoms with Crippen molar-refractivity contribution in [2.24, 2.45) is 0 Å². The second-order valence-electron chi connectivity index (χ2n) is 2.57. The van der Waals surface area contributed by atoms with Gasteiger partial charge in [0.1, 0.15) is 0 Å². The summed E-state index contributed by atoms with van der Waals surface area (Å²) in [7, 11) is 0. The highest BCUT2D eigenvalue weighted by Crippen LogP contribution is 2.15. The molecule has 4 nitrogen and oxygen atoms in total. The molecule has 0 radical (unpaired) electrons. The first kappa shape index (κ1) is 8.00. The topological polar surface area (TPSA) is 71.8 Å². The Morgan fingerprint density at radius 2 is 2.00 bits per heavy atom. The first-order chi connectivity index (χ1) is 6.25. The average molecular weight is 193 g/mol. The van der Waals surface area contributed by atoms with E-state index < -0.39 is 0 Å². The minimum atomic E-state index is -0.146. The smallest absolute Gasteiger partial charge is 0.323 e. The van der Waals surface area contributed by atoms with Crippen LogP contribution in [-0.2, 0) is 0 Å². The molecule has 66 valence electrons. The van der Waals surface area contributed by atoms with E-state index in [0.29, 0.717) is 11.5 Å². The van der Waals surface area contributed by atoms with Crippen molar-refractivity contribution in [1.29, 1.82) is 0 Å². The van der Waals surface area contributed by atoms with Gasteiger partial charge in [-0.05, 0) is 24.3 Å². The molecule has 2 rings (SSSR count). The molecular formula is C8H7N3OS. The van der Waals surface area contributed by atoms with Crippen LogP contribution in [0.15, 0.2) is 29.1 Å². The third-order valence-corrected chi connectivity index (χ3v) is 2.17. The second kappa shape index (κ2) is 3.02. The molecule has 5 heteroatoms. The molecule has 0 aliphatic heterocycles. The maximum Gasteiger partial charge on any atom is 0.323 e. The number of hydrogen-bond donors (Lipinski definition) is 2. The lowest BCUT2D eigenvalue weighted by Crippen LogP contribution is -1.92. The number of nitrogens with one attached hydrogen (secondary N) is 1. The zero-order valence-corrected chi connectivity index (χ0v) is 7.47. The number of nitrogens with zero attached hydrogens (tertiary/aromatic N) is 1. The number of H-pyrrole nitrogens is 1. The summed E-state index contributed by atoms with van der Waals surface area (Å²) in [6.07, 6.45) is 0. The van der Waals surface area contributed by atoms with Crippen LogP contribution in [0.3, 0.4) is 0 Å². The Kier molecular flexibility index (Phi) is 1.86. The lowest BCUT2D eigenvalue weighted by Gasteiger charge is -1.95. The van der Waals surface area contributed by atoms with Gasteiger partial charge in [0.2, 0.25) is 0 Å². The van der Waals surface area contributed by atoms with Crippen LogP contribution in [0, 0.1) is 0 Å². The van der Waals surface area contributed by atoms with Gasteiger partial charge in [-0.1, -0.05) is 0 Å². The molecule has 13 heavy (non-hydrogen) atoms. The number of aromatic amines is 1. The van der Waals surface area contributed by atoms with E-state index in [1.807, 2.05) is 12.1 Å². The van der Waals surface area contributed by atoms with Gasteiger partial charge in [-0.2, -0.15) is 4.37 Å². The van der Waals surface area contributed by atoms with Crippen LogP contribution in [0.5, 0.6) is 0 Å². The summed E-state index contributed by atoms with van der Waals surface area (Å²) in [4.78, 5) is 13.3. The number of anilines is 1. The van der Waals surface area contributed by atoms with Crippen LogP contribution in [-0.4, -0.2) is 9.36 Å². The van der Waals surface area contributed by atoms with Gasteiger partial charge in [-0.3, -0.25) is 9.78 Å². The Morgan fingerprint density at radius 3 is 2.54 bits per heavy atom. The Labute approximate surface area is 78.2 Å². The Balaban J connectivity index is 2.47. The summed E-state index contributed by atoms with van der Waals surface area (Å²) in [5.74, 6) is 0.593. The van der Waals surface area contributed by atoms with Crippen LogP contribution < -0.4 is 10.6 Å². The molecule has 2 aromatic rings. The lowest BCUT2D eigenvalue weighted by molar-refractivity contribution is 1.28. The molecule has 1 aromatic carbocycles. The molecule has 1 aromatic heterocycles. The maximum absolute atomic E-state index is 10.8. The summed E-state index contributed by atoms with van der Waals surface area (Å²) in [6, 6.07) is 7.18. The van der Waals surface area contributed by atoms with Crippen LogP contribution >= 0.6 is 11.5 Å². The van der Waals surface area contributed by atoms with Gasteiger partial charge in [-0.15, -0.1) is 0 Å². The van der Waals surface area contributed by atoms with Gasteiger partial charge in [0.05, 0.1) is 0 Å². The Hall–Kier alpha value is -1.62. The van der Waals surface area contributed by atoms with Gasteiger partial charge in [-0.25, -0.2) is 0 Å². The largest absolute Gasteiger partial charge is 0.399 e. The molecule has 0 spiro atoms. The van der Waals surface area contributed by atoms with Crippen molar-refractivity contribution in [3.63, 3.8) is 0 Å². The van der Waals surface area contributed by atoms with Crippen LogP contribution in [0.1, 0.15) is 0 Å². The molecule has 0 fully saturated rings. The molecule has 0 aliphatic carbocycles. The minimum Gasteiger partial charge on any atom is -0.399 e. The summed E-state index contributed by atoms with van der Waals surface area (Å²) in [5, 5.41) is 0. The van der Waals surface area contributed by atoms with Crippen LogP contribution in [0.4, 0.5) is 5.69 Å². The van der Waals surface area contributed by atoms with Gasteiger partial charge < -0.3 is 5.73 Å². The number of hydrogen-bond acceptors (Lipinski definition) is 4. The monoisotopic (exact) mass is 193 g/mol. The molecule has 0 saturated carbocycles. The summed E-state index contributed by atoms with van der Waals surface area (Å²) in [6.45, 7) is 0. The lowest BCUT2D eigenvalue weighted by atomic mass is 10.2. The normalized spacial score (nSPS) is 10.2. The average Bonchev–Trinajstić information content (AvgIpc) is 2.53. The number of rotatable bonds is 1. The van der Waals surface area contributed by atoms with E-state index in [1.165, 1.54) is 0 Å². The quantitative estimate of drug-likeness (QED) is 0.666. The maximum atomic E-state index is 10.8. The van der Waals surface area contributed by atoms with Gasteiger partial charge >= 0.3 is 4.87 Å². The fourth-order valence-corrected chi connectivity index (χ4v) is 1.46. The Morgan fingerprint density at radius 1 is 1.31 bits per heavy atom. The molecule has 0 aliphatic rings. The highest BCUT2D eigenvalue weighted by molar-refractivity contribution is 7.03. The van der Waals surface area contributed by atoms with E-state index in [0.717, 1.165) is 17.1 Å². The van der Waals surface area contributed by atoms with Crippen molar-refractivity contribution in [2.45, 2.75) is 0 Å². The van der Waals surface area contributed by atoms with Crippen molar-refractivity contribution in [3.8, 4) is 11.4 Å². The van der Waals surface area contributed by atoms with E-state index in [2.05, 4.69) is 9.36 Å². The molecule has 0 amide bonds. The minimum absolute atomic E-state index is 0.146. The van der Waals surface area contributed by atoms with E-state index in [9.17, 15) is 4.79 Å². The first-order valence-corrected chi connectivity index (χ1v) is 4.45. The second-order valence-corrected chi connectivity index (χ2v) is 3.30. The Bertz CT molecular complexity index is 457. The number of benzene rings is 1.